The fourth-order valence-electron chi connectivity index (χ4n) is 2.53. The van der Waals surface area contributed by atoms with Gasteiger partial charge in [0.1, 0.15) is 11.2 Å². The standard InChI is InChI=1S/C20H26N2O3/c1-15(2)22(14-16-9-6-5-7-10-16)19(24)20(3,4)18(23)21-13-17-11-8-12-25-17/h5-12,15H,13-14H2,1-4H3,(H,21,23). The molecular weight excluding hydrogens is 316 g/mol. The molecule has 134 valence electrons. The van der Waals surface area contributed by atoms with Crippen LogP contribution in [0.25, 0.3) is 0 Å². The molecule has 25 heavy (non-hydrogen) atoms. The normalized spacial score (nSPS) is 11.4. The van der Waals surface area contributed by atoms with Crippen molar-refractivity contribution < 1.29 is 14.0 Å². The molecule has 0 aliphatic heterocycles. The largest absolute Gasteiger partial charge is 0.467 e. The smallest absolute Gasteiger partial charge is 0.238 e. The number of hydrogen-bond donors (Lipinski definition) is 1. The highest BCUT2D eigenvalue weighted by atomic mass is 16.3. The summed E-state index contributed by atoms with van der Waals surface area (Å²) in [6, 6.07) is 13.3. The summed E-state index contributed by atoms with van der Waals surface area (Å²) < 4.78 is 5.21. The summed E-state index contributed by atoms with van der Waals surface area (Å²) in [5, 5.41) is 2.78. The average molecular weight is 342 g/mol. The molecule has 1 N–H and O–H groups in total. The molecule has 0 atom stereocenters. The molecule has 1 heterocycles. The fraction of sp³-hybridized carbons (Fsp3) is 0.400. The van der Waals surface area contributed by atoms with E-state index in [1.807, 2.05) is 44.2 Å². The van der Waals surface area contributed by atoms with Gasteiger partial charge in [-0.1, -0.05) is 30.3 Å². The second-order valence-electron chi connectivity index (χ2n) is 6.90. The Labute approximate surface area is 149 Å². The number of nitrogens with zero attached hydrogens (tertiary/aromatic N) is 1. The van der Waals surface area contributed by atoms with Gasteiger partial charge >= 0.3 is 0 Å². The molecule has 2 aromatic rings. The van der Waals surface area contributed by atoms with E-state index in [0.29, 0.717) is 12.3 Å². The summed E-state index contributed by atoms with van der Waals surface area (Å²) in [4.78, 5) is 27.4. The zero-order valence-corrected chi connectivity index (χ0v) is 15.3. The molecule has 0 saturated carbocycles. The first-order valence-corrected chi connectivity index (χ1v) is 8.48. The lowest BCUT2D eigenvalue weighted by Crippen LogP contribution is -2.51. The van der Waals surface area contributed by atoms with E-state index in [4.69, 9.17) is 4.42 Å². The Morgan fingerprint density at radius 3 is 2.36 bits per heavy atom. The van der Waals surface area contributed by atoms with Gasteiger partial charge in [0, 0.05) is 12.6 Å². The van der Waals surface area contributed by atoms with Crippen LogP contribution >= 0.6 is 0 Å². The predicted molar refractivity (Wildman–Crippen MR) is 96.5 cm³/mol. The number of amides is 2. The average Bonchev–Trinajstić information content (AvgIpc) is 3.11. The summed E-state index contributed by atoms with van der Waals surface area (Å²) in [6.07, 6.45) is 1.55. The summed E-state index contributed by atoms with van der Waals surface area (Å²) in [5.41, 5.74) is -0.123. The first kappa shape index (κ1) is 18.8. The van der Waals surface area contributed by atoms with Crippen molar-refractivity contribution in [3.8, 4) is 0 Å². The Hall–Kier alpha value is -2.56. The topological polar surface area (TPSA) is 62.6 Å². The van der Waals surface area contributed by atoms with Gasteiger partial charge in [0.05, 0.1) is 12.8 Å². The minimum absolute atomic E-state index is 0.00939. The van der Waals surface area contributed by atoms with E-state index in [-0.39, 0.29) is 24.4 Å². The minimum Gasteiger partial charge on any atom is -0.467 e. The maximum Gasteiger partial charge on any atom is 0.238 e. The number of rotatable bonds is 7. The van der Waals surface area contributed by atoms with Crippen molar-refractivity contribution in [3.63, 3.8) is 0 Å². The molecule has 2 rings (SSSR count). The van der Waals surface area contributed by atoms with E-state index in [2.05, 4.69) is 5.32 Å². The number of benzene rings is 1. The van der Waals surface area contributed by atoms with E-state index in [9.17, 15) is 9.59 Å². The Kier molecular flexibility index (Phi) is 6.02. The SMILES string of the molecule is CC(C)N(Cc1ccccc1)C(=O)C(C)(C)C(=O)NCc1ccco1. The van der Waals surface area contributed by atoms with Crippen LogP contribution in [0.4, 0.5) is 0 Å². The third-order valence-corrected chi connectivity index (χ3v) is 4.19. The third-order valence-electron chi connectivity index (χ3n) is 4.19. The molecule has 0 unspecified atom stereocenters. The Morgan fingerprint density at radius 2 is 1.80 bits per heavy atom. The van der Waals surface area contributed by atoms with E-state index in [0.717, 1.165) is 5.56 Å². The second-order valence-corrected chi connectivity index (χ2v) is 6.90. The van der Waals surface area contributed by atoms with Crippen molar-refractivity contribution in [1.29, 1.82) is 0 Å². The minimum atomic E-state index is -1.16. The Bertz CT molecular complexity index is 691. The van der Waals surface area contributed by atoms with Crippen LogP contribution in [0.5, 0.6) is 0 Å². The lowest BCUT2D eigenvalue weighted by Gasteiger charge is -2.34. The van der Waals surface area contributed by atoms with Crippen molar-refractivity contribution in [2.75, 3.05) is 0 Å². The molecule has 5 heteroatoms. The van der Waals surface area contributed by atoms with Gasteiger partial charge in [0.2, 0.25) is 11.8 Å². The highest BCUT2D eigenvalue weighted by Gasteiger charge is 2.39. The third kappa shape index (κ3) is 4.72. The number of carbonyl (C=O) groups excluding carboxylic acids is 2. The zero-order valence-electron chi connectivity index (χ0n) is 15.3. The second kappa shape index (κ2) is 8.01. The van der Waals surface area contributed by atoms with Crippen molar-refractivity contribution >= 4 is 11.8 Å². The van der Waals surface area contributed by atoms with E-state index in [1.165, 1.54) is 0 Å². The molecule has 0 bridgehead atoms. The van der Waals surface area contributed by atoms with Crippen molar-refractivity contribution in [2.24, 2.45) is 5.41 Å². The molecule has 0 aliphatic carbocycles. The first-order valence-electron chi connectivity index (χ1n) is 8.48. The Balaban J connectivity index is 2.08. The first-order chi connectivity index (χ1) is 11.8. The maximum absolute atomic E-state index is 13.1. The lowest BCUT2D eigenvalue weighted by atomic mass is 9.89. The van der Waals surface area contributed by atoms with Gasteiger partial charge in [0.25, 0.3) is 0 Å². The lowest BCUT2D eigenvalue weighted by molar-refractivity contribution is -0.150. The number of carbonyl (C=O) groups is 2. The number of furan rings is 1. The van der Waals surface area contributed by atoms with E-state index in [1.54, 1.807) is 37.1 Å². The molecule has 0 aliphatic rings. The monoisotopic (exact) mass is 342 g/mol. The van der Waals surface area contributed by atoms with Crippen LogP contribution in [0.1, 0.15) is 39.0 Å². The van der Waals surface area contributed by atoms with Crippen LogP contribution in [-0.2, 0) is 22.7 Å². The Morgan fingerprint density at radius 1 is 1.12 bits per heavy atom. The summed E-state index contributed by atoms with van der Waals surface area (Å²) in [7, 11) is 0. The van der Waals surface area contributed by atoms with Gasteiger partial charge in [-0.3, -0.25) is 9.59 Å². The van der Waals surface area contributed by atoms with Crippen LogP contribution in [-0.4, -0.2) is 22.8 Å². The number of hydrogen-bond acceptors (Lipinski definition) is 3. The van der Waals surface area contributed by atoms with Crippen LogP contribution in [0.3, 0.4) is 0 Å². The van der Waals surface area contributed by atoms with Crippen molar-refractivity contribution in [3.05, 3.63) is 60.1 Å². The molecule has 0 fully saturated rings. The molecule has 5 nitrogen and oxygen atoms in total. The van der Waals surface area contributed by atoms with E-state index >= 15 is 0 Å². The van der Waals surface area contributed by atoms with Crippen LogP contribution in [0, 0.1) is 5.41 Å². The van der Waals surface area contributed by atoms with Gasteiger partial charge in [-0.15, -0.1) is 0 Å². The summed E-state index contributed by atoms with van der Waals surface area (Å²) >= 11 is 0. The zero-order chi connectivity index (χ0) is 18.4. The summed E-state index contributed by atoms with van der Waals surface area (Å²) in [5.74, 6) is 0.150. The predicted octanol–water partition coefficient (Wildman–Crippen LogP) is 3.36. The highest BCUT2D eigenvalue weighted by Crippen LogP contribution is 2.23. The van der Waals surface area contributed by atoms with Crippen LogP contribution in [0.2, 0.25) is 0 Å². The van der Waals surface area contributed by atoms with Gasteiger partial charge in [0.15, 0.2) is 0 Å². The quantitative estimate of drug-likeness (QED) is 0.785. The van der Waals surface area contributed by atoms with Crippen molar-refractivity contribution in [1.82, 2.24) is 10.2 Å². The van der Waals surface area contributed by atoms with Gasteiger partial charge < -0.3 is 14.6 Å². The van der Waals surface area contributed by atoms with Crippen LogP contribution in [0.15, 0.2) is 53.1 Å². The molecule has 2 amide bonds. The molecule has 0 saturated heterocycles. The van der Waals surface area contributed by atoms with Gasteiger partial charge in [-0.2, -0.15) is 0 Å². The molecule has 0 spiro atoms. The van der Waals surface area contributed by atoms with Crippen LogP contribution < -0.4 is 5.32 Å². The highest BCUT2D eigenvalue weighted by molar-refractivity contribution is 6.04. The summed E-state index contributed by atoms with van der Waals surface area (Å²) in [6.45, 7) is 7.98. The van der Waals surface area contributed by atoms with E-state index < -0.39 is 5.41 Å². The molecule has 1 aromatic carbocycles. The maximum atomic E-state index is 13.1. The van der Waals surface area contributed by atoms with Crippen molar-refractivity contribution in [2.45, 2.75) is 46.8 Å². The number of nitrogens with one attached hydrogen (secondary N) is 1. The van der Waals surface area contributed by atoms with Gasteiger partial charge in [-0.05, 0) is 45.4 Å². The molecular formula is C20H26N2O3. The van der Waals surface area contributed by atoms with Gasteiger partial charge in [-0.25, -0.2) is 0 Å². The molecule has 1 aromatic heterocycles. The molecule has 0 radical (unpaired) electrons. The fourth-order valence-corrected chi connectivity index (χ4v) is 2.53.